The molecule has 1 aromatic carbocycles. The first kappa shape index (κ1) is 12.5. The number of amides is 1. The van der Waals surface area contributed by atoms with Gasteiger partial charge in [-0.25, -0.2) is 9.49 Å². The van der Waals surface area contributed by atoms with Crippen LogP contribution in [0.5, 0.6) is 0 Å². The van der Waals surface area contributed by atoms with Crippen molar-refractivity contribution < 1.29 is 9.18 Å². The summed E-state index contributed by atoms with van der Waals surface area (Å²) in [4.78, 5) is 22.9. The zero-order valence-electron chi connectivity index (χ0n) is 10.5. The molecule has 3 rings (SSSR count). The van der Waals surface area contributed by atoms with Gasteiger partial charge in [0.25, 0.3) is 11.5 Å². The number of aromatic amines is 1. The van der Waals surface area contributed by atoms with Gasteiger partial charge in [0.05, 0.1) is 6.04 Å². The fraction of sp³-hybridized carbons (Fsp3) is 0.214. The van der Waals surface area contributed by atoms with Crippen molar-refractivity contribution >= 4 is 5.91 Å². The summed E-state index contributed by atoms with van der Waals surface area (Å²) in [7, 11) is 0. The van der Waals surface area contributed by atoms with Crippen molar-refractivity contribution in [3.8, 4) is 0 Å². The first-order valence-corrected chi connectivity index (χ1v) is 6.28. The number of carbonyl (C=O) groups excluding carboxylic acids is 1. The molecule has 1 aliphatic rings. The molecule has 0 aliphatic heterocycles. The molecule has 0 spiro atoms. The number of rotatable bonds is 2. The van der Waals surface area contributed by atoms with Crippen LogP contribution in [0.2, 0.25) is 0 Å². The van der Waals surface area contributed by atoms with Gasteiger partial charge < -0.3 is 5.32 Å². The standard InChI is InChI=1S/C14H12FN3O2/c15-9-3-1-8-2-4-11(10(8)7-9)16-14(20)12-5-6-13(19)18-17-12/h1,3,5-7,11H,2,4H2,(H,16,20)(H,18,19). The minimum Gasteiger partial charge on any atom is -0.344 e. The van der Waals surface area contributed by atoms with Gasteiger partial charge in [0.1, 0.15) is 11.5 Å². The minimum atomic E-state index is -0.386. The largest absolute Gasteiger partial charge is 0.344 e. The molecule has 5 nitrogen and oxygen atoms in total. The number of hydrogen-bond acceptors (Lipinski definition) is 3. The van der Waals surface area contributed by atoms with Crippen LogP contribution >= 0.6 is 0 Å². The lowest BCUT2D eigenvalue weighted by atomic mass is 10.1. The molecular formula is C14H12FN3O2. The number of fused-ring (bicyclic) bond motifs is 1. The zero-order valence-corrected chi connectivity index (χ0v) is 10.5. The van der Waals surface area contributed by atoms with E-state index in [9.17, 15) is 14.0 Å². The minimum absolute atomic E-state index is 0.134. The van der Waals surface area contributed by atoms with Gasteiger partial charge in [0.2, 0.25) is 0 Å². The van der Waals surface area contributed by atoms with Gasteiger partial charge in [-0.2, -0.15) is 5.10 Å². The van der Waals surface area contributed by atoms with E-state index in [2.05, 4.69) is 15.5 Å². The highest BCUT2D eigenvalue weighted by atomic mass is 19.1. The van der Waals surface area contributed by atoms with Gasteiger partial charge in [-0.1, -0.05) is 6.07 Å². The van der Waals surface area contributed by atoms with Gasteiger partial charge >= 0.3 is 0 Å². The Labute approximate surface area is 113 Å². The smallest absolute Gasteiger partial charge is 0.272 e. The SMILES string of the molecule is O=C(NC1CCc2ccc(F)cc21)c1ccc(=O)[nH]n1. The maximum Gasteiger partial charge on any atom is 0.272 e. The highest BCUT2D eigenvalue weighted by molar-refractivity contribution is 5.92. The molecule has 1 aromatic heterocycles. The lowest BCUT2D eigenvalue weighted by molar-refractivity contribution is 0.0930. The second-order valence-electron chi connectivity index (χ2n) is 4.71. The van der Waals surface area contributed by atoms with Crippen LogP contribution < -0.4 is 10.9 Å². The summed E-state index contributed by atoms with van der Waals surface area (Å²) in [5, 5.41) is 8.69. The zero-order chi connectivity index (χ0) is 14.1. The second-order valence-corrected chi connectivity index (χ2v) is 4.71. The van der Waals surface area contributed by atoms with Gasteiger partial charge in [0.15, 0.2) is 0 Å². The van der Waals surface area contributed by atoms with Crippen molar-refractivity contribution in [2.45, 2.75) is 18.9 Å². The molecule has 0 bridgehead atoms. The van der Waals surface area contributed by atoms with Crippen LogP contribution in [-0.4, -0.2) is 16.1 Å². The van der Waals surface area contributed by atoms with Crippen LogP contribution in [0.3, 0.4) is 0 Å². The number of nitrogens with zero attached hydrogens (tertiary/aromatic N) is 1. The molecule has 102 valence electrons. The number of benzene rings is 1. The van der Waals surface area contributed by atoms with Gasteiger partial charge in [-0.3, -0.25) is 9.59 Å². The van der Waals surface area contributed by atoms with E-state index in [0.717, 1.165) is 24.0 Å². The van der Waals surface area contributed by atoms with Crippen molar-refractivity contribution in [2.75, 3.05) is 0 Å². The molecule has 1 heterocycles. The summed E-state index contributed by atoms with van der Waals surface area (Å²) in [6, 6.07) is 7.00. The summed E-state index contributed by atoms with van der Waals surface area (Å²) >= 11 is 0. The highest BCUT2D eigenvalue weighted by Gasteiger charge is 2.25. The van der Waals surface area contributed by atoms with Gasteiger partial charge in [0, 0.05) is 6.07 Å². The Morgan fingerprint density at radius 3 is 2.95 bits per heavy atom. The van der Waals surface area contributed by atoms with Crippen molar-refractivity contribution in [3.05, 3.63) is 63.3 Å². The van der Waals surface area contributed by atoms with E-state index in [-0.39, 0.29) is 29.0 Å². The average molecular weight is 273 g/mol. The lowest BCUT2D eigenvalue weighted by Gasteiger charge is -2.13. The van der Waals surface area contributed by atoms with Crippen LogP contribution in [0.15, 0.2) is 35.1 Å². The maximum atomic E-state index is 13.3. The molecule has 20 heavy (non-hydrogen) atoms. The third-order valence-electron chi connectivity index (χ3n) is 3.40. The van der Waals surface area contributed by atoms with Crippen LogP contribution in [0, 0.1) is 5.82 Å². The van der Waals surface area contributed by atoms with E-state index in [1.807, 2.05) is 0 Å². The van der Waals surface area contributed by atoms with E-state index in [0.29, 0.717) is 0 Å². The van der Waals surface area contributed by atoms with E-state index >= 15 is 0 Å². The summed E-state index contributed by atoms with van der Waals surface area (Å²) in [6.07, 6.45) is 1.54. The first-order valence-electron chi connectivity index (χ1n) is 6.28. The van der Waals surface area contributed by atoms with Crippen molar-refractivity contribution in [1.82, 2.24) is 15.5 Å². The van der Waals surface area contributed by atoms with Crippen LogP contribution in [0.1, 0.15) is 34.1 Å². The Balaban J connectivity index is 1.80. The summed E-state index contributed by atoms with van der Waals surface area (Å²) < 4.78 is 13.3. The number of nitrogens with one attached hydrogen (secondary N) is 2. The number of aromatic nitrogens is 2. The molecule has 1 aliphatic carbocycles. The van der Waals surface area contributed by atoms with Crippen LogP contribution in [-0.2, 0) is 6.42 Å². The normalized spacial score (nSPS) is 16.8. The molecule has 1 unspecified atom stereocenters. The average Bonchev–Trinajstić information content (AvgIpc) is 2.82. The molecule has 0 saturated carbocycles. The highest BCUT2D eigenvalue weighted by Crippen LogP contribution is 2.31. The quantitative estimate of drug-likeness (QED) is 0.866. The monoisotopic (exact) mass is 273 g/mol. The predicted molar refractivity (Wildman–Crippen MR) is 69.8 cm³/mol. The van der Waals surface area contributed by atoms with Crippen molar-refractivity contribution in [2.24, 2.45) is 0 Å². The van der Waals surface area contributed by atoms with E-state index < -0.39 is 0 Å². The summed E-state index contributed by atoms with van der Waals surface area (Å²) in [6.45, 7) is 0. The van der Waals surface area contributed by atoms with E-state index in [1.54, 1.807) is 6.07 Å². The van der Waals surface area contributed by atoms with E-state index in [1.165, 1.54) is 24.3 Å². The number of aryl methyl sites for hydroxylation is 1. The lowest BCUT2D eigenvalue weighted by Crippen LogP contribution is -2.28. The molecule has 0 fully saturated rings. The molecular weight excluding hydrogens is 261 g/mol. The Kier molecular flexibility index (Phi) is 3.06. The summed E-state index contributed by atoms with van der Waals surface area (Å²) in [5.74, 6) is -0.699. The van der Waals surface area contributed by atoms with E-state index in [4.69, 9.17) is 0 Å². The van der Waals surface area contributed by atoms with Crippen LogP contribution in [0.4, 0.5) is 4.39 Å². The van der Waals surface area contributed by atoms with Crippen LogP contribution in [0.25, 0.3) is 0 Å². The number of hydrogen-bond donors (Lipinski definition) is 2. The summed E-state index contributed by atoms with van der Waals surface area (Å²) in [5.41, 5.74) is 1.62. The fourth-order valence-corrected chi connectivity index (χ4v) is 2.43. The first-order chi connectivity index (χ1) is 9.63. The Morgan fingerprint density at radius 2 is 2.20 bits per heavy atom. The third-order valence-corrected chi connectivity index (χ3v) is 3.40. The number of halogens is 1. The molecule has 6 heteroatoms. The van der Waals surface area contributed by atoms with Crippen molar-refractivity contribution in [3.63, 3.8) is 0 Å². The molecule has 0 saturated heterocycles. The maximum absolute atomic E-state index is 13.3. The Bertz CT molecular complexity index is 706. The second kappa shape index (κ2) is 4.88. The number of carbonyl (C=O) groups is 1. The molecule has 2 N–H and O–H groups in total. The fourth-order valence-electron chi connectivity index (χ4n) is 2.43. The Hall–Kier alpha value is -2.50. The van der Waals surface area contributed by atoms with Crippen molar-refractivity contribution in [1.29, 1.82) is 0 Å². The van der Waals surface area contributed by atoms with Gasteiger partial charge in [-0.05, 0) is 42.2 Å². The molecule has 1 atom stereocenters. The molecule has 0 radical (unpaired) electrons. The van der Waals surface area contributed by atoms with Gasteiger partial charge in [-0.15, -0.1) is 0 Å². The Morgan fingerprint density at radius 1 is 1.35 bits per heavy atom. The number of H-pyrrole nitrogens is 1. The topological polar surface area (TPSA) is 74.8 Å². The molecule has 1 amide bonds. The molecule has 2 aromatic rings. The predicted octanol–water partition coefficient (Wildman–Crippen LogP) is 1.33. The third kappa shape index (κ3) is 2.32.